The predicted molar refractivity (Wildman–Crippen MR) is 82.8 cm³/mol. The minimum Gasteiger partial charge on any atom is -0.452 e. The first-order chi connectivity index (χ1) is 10.1. The van der Waals surface area contributed by atoms with E-state index in [1.54, 1.807) is 35.6 Å². The number of hydrogen-bond donors (Lipinski definition) is 1. The zero-order chi connectivity index (χ0) is 15.1. The molecule has 110 valence electrons. The molecule has 1 N–H and O–H groups in total. The fraction of sp³-hybridized carbons (Fsp3) is 0.200. The van der Waals surface area contributed by atoms with E-state index < -0.39 is 5.97 Å². The van der Waals surface area contributed by atoms with Gasteiger partial charge in [-0.25, -0.2) is 4.79 Å². The molecule has 0 saturated carbocycles. The maximum Gasteiger partial charge on any atom is 0.338 e. The molecule has 2 rings (SSSR count). The largest absolute Gasteiger partial charge is 0.452 e. The van der Waals surface area contributed by atoms with Crippen LogP contribution in [-0.4, -0.2) is 25.0 Å². The van der Waals surface area contributed by atoms with E-state index in [0.29, 0.717) is 17.1 Å². The van der Waals surface area contributed by atoms with Crippen molar-refractivity contribution in [2.45, 2.75) is 6.42 Å². The van der Waals surface area contributed by atoms with Gasteiger partial charge in [-0.05, 0) is 42.1 Å². The molecule has 4 nitrogen and oxygen atoms in total. The number of nitrogens with one attached hydrogen (secondary N) is 1. The molecule has 0 spiro atoms. The lowest BCUT2D eigenvalue weighted by molar-refractivity contribution is -0.124. The average Bonchev–Trinajstić information content (AvgIpc) is 2.99. The molecule has 0 aliphatic heterocycles. The van der Waals surface area contributed by atoms with E-state index in [9.17, 15) is 9.59 Å². The van der Waals surface area contributed by atoms with Crippen LogP contribution < -0.4 is 5.32 Å². The second-order valence-electron chi connectivity index (χ2n) is 4.26. The molecule has 1 heterocycles. The molecule has 2 aromatic rings. The molecule has 0 unspecified atom stereocenters. The van der Waals surface area contributed by atoms with Gasteiger partial charge in [0.05, 0.1) is 5.56 Å². The molecule has 1 aromatic heterocycles. The summed E-state index contributed by atoms with van der Waals surface area (Å²) in [6.45, 7) is 0.240. The molecule has 0 fully saturated rings. The quantitative estimate of drug-likeness (QED) is 0.832. The Labute approximate surface area is 131 Å². The smallest absolute Gasteiger partial charge is 0.338 e. The maximum atomic E-state index is 11.7. The van der Waals surface area contributed by atoms with Crippen molar-refractivity contribution in [2.75, 3.05) is 13.2 Å². The van der Waals surface area contributed by atoms with Crippen LogP contribution >= 0.6 is 22.9 Å². The van der Waals surface area contributed by atoms with E-state index in [4.69, 9.17) is 16.3 Å². The van der Waals surface area contributed by atoms with Crippen LogP contribution in [-0.2, 0) is 16.0 Å². The number of rotatable bonds is 6. The van der Waals surface area contributed by atoms with Crippen molar-refractivity contribution >= 4 is 34.8 Å². The van der Waals surface area contributed by atoms with E-state index in [0.717, 1.165) is 6.42 Å². The minimum atomic E-state index is -0.542. The Morgan fingerprint density at radius 3 is 2.62 bits per heavy atom. The van der Waals surface area contributed by atoms with E-state index in [2.05, 4.69) is 5.32 Å². The van der Waals surface area contributed by atoms with Gasteiger partial charge < -0.3 is 10.1 Å². The van der Waals surface area contributed by atoms with Crippen LogP contribution in [0.25, 0.3) is 0 Å². The summed E-state index contributed by atoms with van der Waals surface area (Å²) in [7, 11) is 0. The number of ether oxygens (including phenoxy) is 1. The first-order valence-electron chi connectivity index (χ1n) is 6.37. The van der Waals surface area contributed by atoms with Gasteiger partial charge in [-0.3, -0.25) is 4.79 Å². The van der Waals surface area contributed by atoms with E-state index in [1.807, 2.05) is 17.5 Å². The number of benzene rings is 1. The van der Waals surface area contributed by atoms with Crippen LogP contribution in [0.15, 0.2) is 41.8 Å². The van der Waals surface area contributed by atoms with Gasteiger partial charge in [0.25, 0.3) is 5.91 Å². The molecule has 0 aliphatic rings. The number of carbonyl (C=O) groups is 2. The standard InChI is InChI=1S/C15H14ClNO3S/c16-12-5-3-11(4-6-12)15(19)20-10-14(18)17-8-7-13-2-1-9-21-13/h1-6,9H,7-8,10H2,(H,17,18). The van der Waals surface area contributed by atoms with Crippen LogP contribution in [0.4, 0.5) is 0 Å². The number of halogens is 1. The predicted octanol–water partition coefficient (Wildman–Crippen LogP) is 2.92. The van der Waals surface area contributed by atoms with Gasteiger partial charge in [-0.15, -0.1) is 11.3 Å². The molecule has 1 aromatic carbocycles. The summed E-state index contributed by atoms with van der Waals surface area (Å²) in [5, 5.41) is 5.24. The summed E-state index contributed by atoms with van der Waals surface area (Å²) in [5.74, 6) is -0.853. The Morgan fingerprint density at radius 2 is 1.95 bits per heavy atom. The first-order valence-corrected chi connectivity index (χ1v) is 7.62. The minimum absolute atomic E-state index is 0.286. The lowest BCUT2D eigenvalue weighted by atomic mass is 10.2. The average molecular weight is 324 g/mol. The molecule has 0 atom stereocenters. The van der Waals surface area contributed by atoms with Crippen LogP contribution in [0.3, 0.4) is 0 Å². The molecule has 0 radical (unpaired) electrons. The molecular weight excluding hydrogens is 310 g/mol. The topological polar surface area (TPSA) is 55.4 Å². The third kappa shape index (κ3) is 5.21. The lowest BCUT2D eigenvalue weighted by Crippen LogP contribution is -2.30. The maximum absolute atomic E-state index is 11.7. The van der Waals surface area contributed by atoms with Crippen molar-refractivity contribution in [3.05, 3.63) is 57.2 Å². The Morgan fingerprint density at radius 1 is 1.19 bits per heavy atom. The third-order valence-corrected chi connectivity index (χ3v) is 3.88. The van der Waals surface area contributed by atoms with Crippen LogP contribution in [0, 0.1) is 0 Å². The van der Waals surface area contributed by atoms with E-state index in [1.165, 1.54) is 4.88 Å². The molecule has 6 heteroatoms. The van der Waals surface area contributed by atoms with Crippen LogP contribution in [0.1, 0.15) is 15.2 Å². The monoisotopic (exact) mass is 323 g/mol. The van der Waals surface area contributed by atoms with Crippen LogP contribution in [0.2, 0.25) is 5.02 Å². The Balaban J connectivity index is 1.68. The van der Waals surface area contributed by atoms with Gasteiger partial charge in [-0.2, -0.15) is 0 Å². The lowest BCUT2D eigenvalue weighted by Gasteiger charge is -2.06. The number of esters is 1. The molecule has 0 saturated heterocycles. The molecule has 0 bridgehead atoms. The summed E-state index contributed by atoms with van der Waals surface area (Å²) >= 11 is 7.37. The zero-order valence-corrected chi connectivity index (χ0v) is 12.7. The van der Waals surface area contributed by atoms with Gasteiger partial charge in [0.1, 0.15) is 0 Å². The first kappa shape index (κ1) is 15.5. The summed E-state index contributed by atoms with van der Waals surface area (Å²) in [4.78, 5) is 24.4. The van der Waals surface area contributed by atoms with Crippen molar-refractivity contribution in [1.29, 1.82) is 0 Å². The normalized spacial score (nSPS) is 10.1. The number of carbonyl (C=O) groups excluding carboxylic acids is 2. The Bertz CT molecular complexity index is 596. The van der Waals surface area contributed by atoms with E-state index >= 15 is 0 Å². The highest BCUT2D eigenvalue weighted by Gasteiger charge is 2.09. The highest BCUT2D eigenvalue weighted by atomic mass is 35.5. The van der Waals surface area contributed by atoms with Gasteiger partial charge in [0.15, 0.2) is 6.61 Å². The van der Waals surface area contributed by atoms with Gasteiger partial charge in [0, 0.05) is 16.4 Å². The van der Waals surface area contributed by atoms with Crippen molar-refractivity contribution in [2.24, 2.45) is 0 Å². The molecule has 1 amide bonds. The third-order valence-electron chi connectivity index (χ3n) is 2.69. The number of amides is 1. The molecule has 0 aliphatic carbocycles. The highest BCUT2D eigenvalue weighted by molar-refractivity contribution is 7.09. The summed E-state index contributed by atoms with van der Waals surface area (Å²) in [6.07, 6.45) is 0.772. The SMILES string of the molecule is O=C(COC(=O)c1ccc(Cl)cc1)NCCc1cccs1. The molecular formula is C15H14ClNO3S. The number of hydrogen-bond acceptors (Lipinski definition) is 4. The van der Waals surface area contributed by atoms with Crippen molar-refractivity contribution in [1.82, 2.24) is 5.32 Å². The Hall–Kier alpha value is -1.85. The number of thiophene rings is 1. The van der Waals surface area contributed by atoms with Crippen molar-refractivity contribution < 1.29 is 14.3 Å². The fourth-order valence-corrected chi connectivity index (χ4v) is 2.47. The van der Waals surface area contributed by atoms with Gasteiger partial charge >= 0.3 is 5.97 Å². The van der Waals surface area contributed by atoms with Crippen LogP contribution in [0.5, 0.6) is 0 Å². The van der Waals surface area contributed by atoms with Crippen molar-refractivity contribution in [3.63, 3.8) is 0 Å². The van der Waals surface area contributed by atoms with Gasteiger partial charge in [-0.1, -0.05) is 17.7 Å². The van der Waals surface area contributed by atoms with Crippen molar-refractivity contribution in [3.8, 4) is 0 Å². The second kappa shape index (κ2) is 7.81. The summed E-state index contributed by atoms with van der Waals surface area (Å²) in [5.41, 5.74) is 0.366. The summed E-state index contributed by atoms with van der Waals surface area (Å²) in [6, 6.07) is 10.3. The Kier molecular flexibility index (Phi) is 5.78. The van der Waals surface area contributed by atoms with E-state index in [-0.39, 0.29) is 12.5 Å². The highest BCUT2D eigenvalue weighted by Crippen LogP contribution is 2.10. The fourth-order valence-electron chi connectivity index (χ4n) is 1.63. The van der Waals surface area contributed by atoms with Gasteiger partial charge in [0.2, 0.25) is 0 Å². The molecule has 21 heavy (non-hydrogen) atoms. The summed E-state index contributed by atoms with van der Waals surface area (Å²) < 4.78 is 4.93. The zero-order valence-electron chi connectivity index (χ0n) is 11.2. The second-order valence-corrected chi connectivity index (χ2v) is 5.73.